The highest BCUT2D eigenvalue weighted by atomic mass is 19.1. The SMILES string of the molecule is CCCCCCC1CC[C@@H]2C[C@H](c3cc(F)c(-c4ccc(OCc5ccccc5)c(F)c4)c(F)c3)CC[C@@H]2C1. The third-order valence-corrected chi connectivity index (χ3v) is 9.18. The fraction of sp³-hybridized carbons (Fsp3) is 0.486. The highest BCUT2D eigenvalue weighted by Crippen LogP contribution is 2.49. The maximum atomic E-state index is 15.3. The van der Waals surface area contributed by atoms with Gasteiger partial charge in [0, 0.05) is 0 Å². The van der Waals surface area contributed by atoms with Crippen molar-refractivity contribution in [2.24, 2.45) is 17.8 Å². The van der Waals surface area contributed by atoms with Gasteiger partial charge < -0.3 is 4.74 Å². The summed E-state index contributed by atoms with van der Waals surface area (Å²) in [5.41, 5.74) is 1.67. The van der Waals surface area contributed by atoms with E-state index >= 15 is 8.78 Å². The highest BCUT2D eigenvalue weighted by molar-refractivity contribution is 5.66. The molecule has 0 spiro atoms. The number of hydrogen-bond acceptors (Lipinski definition) is 1. The Labute approximate surface area is 231 Å². The van der Waals surface area contributed by atoms with E-state index < -0.39 is 17.5 Å². The zero-order valence-electron chi connectivity index (χ0n) is 23.1. The normalized spacial score (nSPS) is 22.9. The summed E-state index contributed by atoms with van der Waals surface area (Å²) in [4.78, 5) is 0. The van der Waals surface area contributed by atoms with Crippen LogP contribution in [0, 0.1) is 35.2 Å². The molecule has 2 aliphatic rings. The van der Waals surface area contributed by atoms with Crippen LogP contribution in [0.2, 0.25) is 0 Å². The molecule has 4 atom stereocenters. The monoisotopic (exact) mass is 534 g/mol. The highest BCUT2D eigenvalue weighted by Gasteiger charge is 2.36. The van der Waals surface area contributed by atoms with Crippen LogP contribution >= 0.6 is 0 Å². The fourth-order valence-corrected chi connectivity index (χ4v) is 7.02. The van der Waals surface area contributed by atoms with Crippen molar-refractivity contribution >= 4 is 0 Å². The molecule has 0 bridgehead atoms. The minimum atomic E-state index is -0.634. The van der Waals surface area contributed by atoms with E-state index in [0.717, 1.165) is 48.3 Å². The van der Waals surface area contributed by atoms with Crippen molar-refractivity contribution in [2.45, 2.75) is 90.1 Å². The first-order valence-corrected chi connectivity index (χ1v) is 15.0. The third kappa shape index (κ3) is 6.88. The number of rotatable bonds is 10. The molecule has 0 aliphatic heterocycles. The van der Waals surface area contributed by atoms with Crippen molar-refractivity contribution in [3.05, 3.63) is 89.2 Å². The molecule has 5 rings (SSSR count). The van der Waals surface area contributed by atoms with Crippen molar-refractivity contribution < 1.29 is 17.9 Å². The van der Waals surface area contributed by atoms with Crippen molar-refractivity contribution in [3.8, 4) is 16.9 Å². The second kappa shape index (κ2) is 13.1. The van der Waals surface area contributed by atoms with Gasteiger partial charge in [0.2, 0.25) is 0 Å². The van der Waals surface area contributed by atoms with Gasteiger partial charge in [-0.15, -0.1) is 0 Å². The molecule has 2 saturated carbocycles. The first kappa shape index (κ1) is 27.8. The van der Waals surface area contributed by atoms with Crippen molar-refractivity contribution in [1.29, 1.82) is 0 Å². The van der Waals surface area contributed by atoms with Crippen molar-refractivity contribution in [2.75, 3.05) is 0 Å². The average molecular weight is 535 g/mol. The summed E-state index contributed by atoms with van der Waals surface area (Å²) in [6.07, 6.45) is 13.8. The Hall–Kier alpha value is -2.75. The van der Waals surface area contributed by atoms with Gasteiger partial charge in [-0.1, -0.05) is 81.8 Å². The Morgan fingerprint density at radius 2 is 1.49 bits per heavy atom. The molecule has 0 heterocycles. The first-order valence-electron chi connectivity index (χ1n) is 15.0. The molecule has 39 heavy (non-hydrogen) atoms. The third-order valence-electron chi connectivity index (χ3n) is 9.18. The molecule has 3 aromatic rings. The molecule has 1 unspecified atom stereocenters. The van der Waals surface area contributed by atoms with Gasteiger partial charge in [0.05, 0.1) is 5.56 Å². The Balaban J connectivity index is 1.22. The van der Waals surface area contributed by atoms with Crippen LogP contribution in [0.25, 0.3) is 11.1 Å². The average Bonchev–Trinajstić information content (AvgIpc) is 2.95. The summed E-state index contributed by atoms with van der Waals surface area (Å²) < 4.78 is 51.0. The Kier molecular flexibility index (Phi) is 9.32. The first-order chi connectivity index (χ1) is 19.0. The molecule has 0 radical (unpaired) electrons. The zero-order valence-corrected chi connectivity index (χ0v) is 23.1. The standard InChI is InChI=1S/C35H41F3O/c1-2-3-4-6-9-24-12-13-27-19-28(15-14-26(27)18-24)30-21-32(37)35(33(38)22-30)29-16-17-34(31(36)20-29)39-23-25-10-7-5-8-11-25/h5,7-8,10-11,16-17,20-22,24,26-28H,2-4,6,9,12-15,18-19,23H2,1H3/t24?,26-,27-,28-/m1/s1. The Bertz CT molecular complexity index is 1200. The lowest BCUT2D eigenvalue weighted by molar-refractivity contribution is 0.113. The van der Waals surface area contributed by atoms with Gasteiger partial charge in [-0.3, -0.25) is 0 Å². The number of fused-ring (bicyclic) bond motifs is 1. The second-order valence-corrected chi connectivity index (χ2v) is 11.8. The minimum Gasteiger partial charge on any atom is -0.486 e. The molecule has 0 aromatic heterocycles. The van der Waals surface area contributed by atoms with E-state index in [-0.39, 0.29) is 29.4 Å². The molecule has 208 valence electrons. The predicted octanol–water partition coefficient (Wildman–Crippen LogP) is 10.6. The van der Waals surface area contributed by atoms with Gasteiger partial charge in [0.25, 0.3) is 0 Å². The smallest absolute Gasteiger partial charge is 0.165 e. The van der Waals surface area contributed by atoms with Gasteiger partial charge >= 0.3 is 0 Å². The van der Waals surface area contributed by atoms with Crippen LogP contribution < -0.4 is 4.74 Å². The molecule has 2 fully saturated rings. The summed E-state index contributed by atoms with van der Waals surface area (Å²) in [5.74, 6) is 0.670. The lowest BCUT2D eigenvalue weighted by atomic mass is 9.63. The fourth-order valence-electron chi connectivity index (χ4n) is 7.02. The number of hydrogen-bond donors (Lipinski definition) is 0. The molecule has 2 aliphatic carbocycles. The van der Waals surface area contributed by atoms with Gasteiger partial charge in [-0.25, -0.2) is 13.2 Å². The quantitative estimate of drug-likeness (QED) is 0.235. The number of halogens is 3. The summed E-state index contributed by atoms with van der Waals surface area (Å²) in [6.45, 7) is 2.48. The topological polar surface area (TPSA) is 9.23 Å². The second-order valence-electron chi connectivity index (χ2n) is 11.8. The van der Waals surface area contributed by atoms with Crippen LogP contribution in [-0.4, -0.2) is 0 Å². The molecule has 0 amide bonds. The van der Waals surface area contributed by atoms with E-state index in [2.05, 4.69) is 6.92 Å². The van der Waals surface area contributed by atoms with Crippen molar-refractivity contribution in [3.63, 3.8) is 0 Å². The van der Waals surface area contributed by atoms with Gasteiger partial charge in [-0.2, -0.15) is 0 Å². The summed E-state index contributed by atoms with van der Waals surface area (Å²) in [5, 5.41) is 0. The molecule has 0 N–H and O–H groups in total. The van der Waals surface area contributed by atoms with Crippen molar-refractivity contribution in [1.82, 2.24) is 0 Å². The predicted molar refractivity (Wildman–Crippen MR) is 152 cm³/mol. The number of benzene rings is 3. The van der Waals surface area contributed by atoms with Crippen LogP contribution in [-0.2, 0) is 6.61 Å². The molecular formula is C35H41F3O. The largest absolute Gasteiger partial charge is 0.486 e. The van der Waals surface area contributed by atoms with E-state index in [1.807, 2.05) is 30.3 Å². The Morgan fingerprint density at radius 3 is 2.23 bits per heavy atom. The lowest BCUT2D eigenvalue weighted by Crippen LogP contribution is -2.30. The zero-order chi connectivity index (χ0) is 27.2. The maximum Gasteiger partial charge on any atom is 0.165 e. The van der Waals surface area contributed by atoms with Crippen LogP contribution in [0.3, 0.4) is 0 Å². The lowest BCUT2D eigenvalue weighted by Gasteiger charge is -2.42. The van der Waals surface area contributed by atoms with E-state index in [1.165, 1.54) is 75.6 Å². The van der Waals surface area contributed by atoms with Gasteiger partial charge in [-0.05, 0) is 96.7 Å². The Morgan fingerprint density at radius 1 is 0.744 bits per heavy atom. The summed E-state index contributed by atoms with van der Waals surface area (Å²) in [7, 11) is 0. The molecule has 0 saturated heterocycles. The summed E-state index contributed by atoms with van der Waals surface area (Å²) >= 11 is 0. The van der Waals surface area contributed by atoms with Gasteiger partial charge in [0.1, 0.15) is 18.2 Å². The van der Waals surface area contributed by atoms with E-state index in [1.54, 1.807) is 0 Å². The molecule has 4 heteroatoms. The number of unbranched alkanes of at least 4 members (excludes halogenated alkanes) is 3. The molecule has 1 nitrogen and oxygen atoms in total. The van der Waals surface area contributed by atoms with E-state index in [0.29, 0.717) is 5.92 Å². The van der Waals surface area contributed by atoms with E-state index in [4.69, 9.17) is 4.74 Å². The van der Waals surface area contributed by atoms with Crippen LogP contribution in [0.1, 0.15) is 94.6 Å². The summed E-state index contributed by atoms with van der Waals surface area (Å²) in [6, 6.07) is 16.6. The maximum absolute atomic E-state index is 15.3. The molecular weight excluding hydrogens is 493 g/mol. The van der Waals surface area contributed by atoms with Gasteiger partial charge in [0.15, 0.2) is 11.6 Å². The minimum absolute atomic E-state index is 0.0625. The van der Waals surface area contributed by atoms with Crippen LogP contribution in [0.4, 0.5) is 13.2 Å². The number of ether oxygens (including phenoxy) is 1. The van der Waals surface area contributed by atoms with Crippen LogP contribution in [0.5, 0.6) is 5.75 Å². The van der Waals surface area contributed by atoms with Crippen LogP contribution in [0.15, 0.2) is 60.7 Å². The molecule has 3 aromatic carbocycles. The van der Waals surface area contributed by atoms with E-state index in [9.17, 15) is 4.39 Å².